The molecule has 21 heavy (non-hydrogen) atoms. The van der Waals surface area contributed by atoms with Gasteiger partial charge in [0.25, 0.3) is 0 Å². The molecule has 0 saturated carbocycles. The Morgan fingerprint density at radius 3 is 2.76 bits per heavy atom. The minimum Gasteiger partial charge on any atom is -0.356 e. The van der Waals surface area contributed by atoms with Crippen molar-refractivity contribution in [2.75, 3.05) is 13.6 Å². The molecule has 2 rings (SSSR count). The Morgan fingerprint density at radius 2 is 2.14 bits per heavy atom. The van der Waals surface area contributed by atoms with Crippen LogP contribution in [0.2, 0.25) is 0 Å². The third kappa shape index (κ3) is 6.01. The molecule has 6 heteroatoms. The average molecular weight is 416 g/mol. The minimum absolute atomic E-state index is 0. The molecule has 2 N–H and O–H groups in total. The number of rotatable bonds is 5. The van der Waals surface area contributed by atoms with Crippen LogP contribution in [0.15, 0.2) is 46.9 Å². The highest BCUT2D eigenvalue weighted by Gasteiger charge is 2.07. The van der Waals surface area contributed by atoms with E-state index in [2.05, 4.69) is 45.0 Å². The average Bonchev–Trinajstić information content (AvgIpc) is 3.02. The second-order valence-electron chi connectivity index (χ2n) is 4.54. The van der Waals surface area contributed by atoms with Gasteiger partial charge in [-0.05, 0) is 23.6 Å². The normalized spacial score (nSPS) is 12.4. The highest BCUT2D eigenvalue weighted by atomic mass is 127. The van der Waals surface area contributed by atoms with Gasteiger partial charge in [-0.1, -0.05) is 19.1 Å². The van der Waals surface area contributed by atoms with Gasteiger partial charge in [0.15, 0.2) is 5.96 Å². The molecule has 0 radical (unpaired) electrons. The van der Waals surface area contributed by atoms with Crippen LogP contribution >= 0.6 is 35.3 Å². The van der Waals surface area contributed by atoms with Crippen LogP contribution in [-0.4, -0.2) is 24.5 Å². The molecule has 2 aromatic heterocycles. The Labute approximate surface area is 147 Å². The van der Waals surface area contributed by atoms with Gasteiger partial charge in [-0.15, -0.1) is 35.3 Å². The van der Waals surface area contributed by atoms with E-state index >= 15 is 0 Å². The lowest BCUT2D eigenvalue weighted by Gasteiger charge is -2.15. The Hall–Kier alpha value is -1.15. The molecule has 0 aromatic carbocycles. The van der Waals surface area contributed by atoms with E-state index in [1.807, 2.05) is 18.2 Å². The number of hydrogen-bond donors (Lipinski definition) is 2. The van der Waals surface area contributed by atoms with E-state index in [1.165, 1.54) is 4.88 Å². The topological polar surface area (TPSA) is 49.3 Å². The van der Waals surface area contributed by atoms with E-state index in [-0.39, 0.29) is 24.0 Å². The number of aromatic nitrogens is 1. The second kappa shape index (κ2) is 9.73. The largest absolute Gasteiger partial charge is 0.356 e. The Kier molecular flexibility index (Phi) is 8.29. The van der Waals surface area contributed by atoms with Crippen molar-refractivity contribution < 1.29 is 0 Å². The standard InChI is InChI=1S/C15H20N4S.HI/c1-12(14-7-5-9-20-14)10-18-15(16-2)19-11-13-6-3-4-8-17-13;/h3-9,12H,10-11H2,1-2H3,(H2,16,18,19);1H. The molecule has 0 aliphatic heterocycles. The Morgan fingerprint density at radius 1 is 1.29 bits per heavy atom. The van der Waals surface area contributed by atoms with Crippen LogP contribution in [0.5, 0.6) is 0 Å². The molecule has 2 aromatic rings. The van der Waals surface area contributed by atoms with Gasteiger partial charge in [-0.2, -0.15) is 0 Å². The molecular formula is C15H21IN4S. The van der Waals surface area contributed by atoms with Gasteiger partial charge >= 0.3 is 0 Å². The third-order valence-electron chi connectivity index (χ3n) is 2.99. The van der Waals surface area contributed by atoms with Crippen LogP contribution in [0.3, 0.4) is 0 Å². The number of thiophene rings is 1. The van der Waals surface area contributed by atoms with Crippen molar-refractivity contribution in [3.8, 4) is 0 Å². The molecule has 1 unspecified atom stereocenters. The van der Waals surface area contributed by atoms with Crippen LogP contribution in [-0.2, 0) is 6.54 Å². The van der Waals surface area contributed by atoms with Crippen LogP contribution in [0.25, 0.3) is 0 Å². The first-order chi connectivity index (χ1) is 9.79. The summed E-state index contributed by atoms with van der Waals surface area (Å²) < 4.78 is 0. The van der Waals surface area contributed by atoms with E-state index in [1.54, 1.807) is 24.6 Å². The lowest BCUT2D eigenvalue weighted by molar-refractivity contribution is 0.706. The van der Waals surface area contributed by atoms with Gasteiger partial charge in [0.2, 0.25) is 0 Å². The van der Waals surface area contributed by atoms with Crippen molar-refractivity contribution >= 4 is 41.3 Å². The number of halogens is 1. The van der Waals surface area contributed by atoms with Gasteiger partial charge in [0.05, 0.1) is 12.2 Å². The molecule has 2 heterocycles. The van der Waals surface area contributed by atoms with E-state index in [0.717, 1.165) is 18.2 Å². The molecule has 0 fully saturated rings. The maximum absolute atomic E-state index is 4.28. The van der Waals surface area contributed by atoms with Gasteiger partial charge in [0, 0.05) is 30.6 Å². The molecular weight excluding hydrogens is 395 g/mol. The fourth-order valence-electron chi connectivity index (χ4n) is 1.82. The molecule has 0 saturated heterocycles. The molecule has 1 atom stereocenters. The fourth-order valence-corrected chi connectivity index (χ4v) is 2.61. The fraction of sp³-hybridized carbons (Fsp3) is 0.333. The SMILES string of the molecule is CN=C(NCc1ccccn1)NCC(C)c1cccs1.I. The lowest BCUT2D eigenvalue weighted by Crippen LogP contribution is -2.38. The van der Waals surface area contributed by atoms with Gasteiger partial charge in [-0.25, -0.2) is 0 Å². The van der Waals surface area contributed by atoms with Gasteiger partial charge < -0.3 is 10.6 Å². The second-order valence-corrected chi connectivity index (χ2v) is 5.52. The minimum atomic E-state index is 0. The first-order valence-electron chi connectivity index (χ1n) is 6.67. The summed E-state index contributed by atoms with van der Waals surface area (Å²) in [6.45, 7) is 3.75. The van der Waals surface area contributed by atoms with E-state index in [4.69, 9.17) is 0 Å². The summed E-state index contributed by atoms with van der Waals surface area (Å²) in [5.41, 5.74) is 1.00. The molecule has 114 valence electrons. The number of aliphatic imine (C=N–C) groups is 1. The first kappa shape index (κ1) is 17.9. The van der Waals surface area contributed by atoms with Crippen molar-refractivity contribution in [1.29, 1.82) is 0 Å². The van der Waals surface area contributed by atoms with Crippen LogP contribution in [0, 0.1) is 0 Å². The first-order valence-corrected chi connectivity index (χ1v) is 7.55. The van der Waals surface area contributed by atoms with Crippen molar-refractivity contribution in [3.63, 3.8) is 0 Å². The molecule has 0 aliphatic rings. The molecule has 0 spiro atoms. The van der Waals surface area contributed by atoms with Crippen molar-refractivity contribution in [2.45, 2.75) is 19.4 Å². The van der Waals surface area contributed by atoms with E-state index in [0.29, 0.717) is 12.5 Å². The van der Waals surface area contributed by atoms with Crippen LogP contribution in [0.4, 0.5) is 0 Å². The molecule has 4 nitrogen and oxygen atoms in total. The zero-order chi connectivity index (χ0) is 14.2. The highest BCUT2D eigenvalue weighted by molar-refractivity contribution is 14.0. The third-order valence-corrected chi connectivity index (χ3v) is 4.10. The van der Waals surface area contributed by atoms with E-state index in [9.17, 15) is 0 Å². The van der Waals surface area contributed by atoms with E-state index < -0.39 is 0 Å². The summed E-state index contributed by atoms with van der Waals surface area (Å²) in [4.78, 5) is 9.89. The number of hydrogen-bond acceptors (Lipinski definition) is 3. The quantitative estimate of drug-likeness (QED) is 0.447. The van der Waals surface area contributed by atoms with Gasteiger partial charge in [0.1, 0.15) is 0 Å². The summed E-state index contributed by atoms with van der Waals surface area (Å²) in [6, 6.07) is 10.2. The monoisotopic (exact) mass is 416 g/mol. The van der Waals surface area contributed by atoms with Gasteiger partial charge in [-0.3, -0.25) is 9.98 Å². The Bertz CT molecular complexity index is 528. The van der Waals surface area contributed by atoms with Crippen LogP contribution in [0.1, 0.15) is 23.4 Å². The maximum Gasteiger partial charge on any atom is 0.191 e. The number of pyridine rings is 1. The summed E-state index contributed by atoms with van der Waals surface area (Å²) in [5, 5.41) is 8.72. The molecule has 0 amide bonds. The summed E-state index contributed by atoms with van der Waals surface area (Å²) in [6.07, 6.45) is 1.80. The van der Waals surface area contributed by atoms with Crippen molar-refractivity contribution in [2.24, 2.45) is 4.99 Å². The summed E-state index contributed by atoms with van der Waals surface area (Å²) in [7, 11) is 1.78. The summed E-state index contributed by atoms with van der Waals surface area (Å²) >= 11 is 1.79. The zero-order valence-electron chi connectivity index (χ0n) is 12.2. The predicted octanol–water partition coefficient (Wildman–Crippen LogP) is 3.23. The number of nitrogens with zero attached hydrogens (tertiary/aromatic N) is 2. The number of guanidine groups is 1. The van der Waals surface area contributed by atoms with Crippen molar-refractivity contribution in [3.05, 3.63) is 52.5 Å². The maximum atomic E-state index is 4.28. The van der Waals surface area contributed by atoms with Crippen LogP contribution < -0.4 is 10.6 Å². The van der Waals surface area contributed by atoms with Crippen molar-refractivity contribution in [1.82, 2.24) is 15.6 Å². The summed E-state index contributed by atoms with van der Waals surface area (Å²) in [5.74, 6) is 1.28. The zero-order valence-corrected chi connectivity index (χ0v) is 15.4. The molecule has 0 bridgehead atoms. The lowest BCUT2D eigenvalue weighted by atomic mass is 10.1. The Balaban J connectivity index is 0.00000220. The number of nitrogens with one attached hydrogen (secondary N) is 2. The predicted molar refractivity (Wildman–Crippen MR) is 101 cm³/mol. The smallest absolute Gasteiger partial charge is 0.191 e. The molecule has 0 aliphatic carbocycles. The highest BCUT2D eigenvalue weighted by Crippen LogP contribution is 2.19.